The largest absolute Gasteiger partial charge is 0.493 e. The van der Waals surface area contributed by atoms with Gasteiger partial charge >= 0.3 is 0 Å². The first-order valence-corrected chi connectivity index (χ1v) is 11.7. The van der Waals surface area contributed by atoms with Gasteiger partial charge in [-0.3, -0.25) is 4.79 Å². The van der Waals surface area contributed by atoms with Crippen LogP contribution in [-0.4, -0.2) is 46.3 Å². The van der Waals surface area contributed by atoms with E-state index in [1.165, 1.54) is 0 Å². The number of aryl methyl sites for hydroxylation is 2. The second-order valence-electron chi connectivity index (χ2n) is 8.81. The number of carbonyl (C=O) groups is 1. The van der Waals surface area contributed by atoms with Crippen LogP contribution in [0.1, 0.15) is 54.3 Å². The summed E-state index contributed by atoms with van der Waals surface area (Å²) in [6, 6.07) is 9.60. The van der Waals surface area contributed by atoms with E-state index in [0.717, 1.165) is 28.0 Å². The number of nitrogens with zero attached hydrogens (tertiary/aromatic N) is 4. The second-order valence-corrected chi connectivity index (χ2v) is 8.81. The number of carbonyl (C=O) groups excluding carboxylic acids is 1. The summed E-state index contributed by atoms with van der Waals surface area (Å²) in [5, 5.41) is 5.27. The highest BCUT2D eigenvalue weighted by Crippen LogP contribution is 2.32. The minimum atomic E-state index is -0.0860. The Balaban J connectivity index is 1.79. The average Bonchev–Trinajstić information content (AvgIpc) is 3.43. The molecule has 0 fully saturated rings. The van der Waals surface area contributed by atoms with E-state index in [0.29, 0.717) is 41.5 Å². The van der Waals surface area contributed by atoms with Crippen LogP contribution in [0.2, 0.25) is 0 Å². The quantitative estimate of drug-likeness (QED) is 0.331. The van der Waals surface area contributed by atoms with E-state index in [9.17, 15) is 4.79 Å². The van der Waals surface area contributed by atoms with Crippen molar-refractivity contribution in [3.8, 4) is 22.8 Å². The molecule has 0 aliphatic heterocycles. The molecule has 0 saturated heterocycles. The normalized spacial score (nSPS) is 11.3. The highest BCUT2D eigenvalue weighted by atomic mass is 16.5. The summed E-state index contributed by atoms with van der Waals surface area (Å²) in [6.07, 6.45) is 1.73. The van der Waals surface area contributed by atoms with Crippen LogP contribution in [0.25, 0.3) is 22.3 Å². The molecule has 184 valence electrons. The summed E-state index contributed by atoms with van der Waals surface area (Å²) in [5.74, 6) is 2.76. The zero-order valence-electron chi connectivity index (χ0n) is 21.4. The molecule has 0 aliphatic carbocycles. The lowest BCUT2D eigenvalue weighted by Crippen LogP contribution is -2.30. The van der Waals surface area contributed by atoms with Gasteiger partial charge in [0.25, 0.3) is 5.91 Å². The SMILES string of the molecule is CCN(Cc1ccc(OC)c(OC)c1)C(=O)c1cc(-c2cc(C)oc2C)nc2c1cnn2C(C)C. The highest BCUT2D eigenvalue weighted by Gasteiger charge is 2.23. The monoisotopic (exact) mass is 476 g/mol. The molecule has 4 aromatic rings. The van der Waals surface area contributed by atoms with Crippen LogP contribution in [0.15, 0.2) is 40.9 Å². The van der Waals surface area contributed by atoms with Crippen molar-refractivity contribution < 1.29 is 18.7 Å². The molecule has 0 N–H and O–H groups in total. The fourth-order valence-corrected chi connectivity index (χ4v) is 4.29. The minimum Gasteiger partial charge on any atom is -0.493 e. The molecule has 0 spiro atoms. The van der Waals surface area contributed by atoms with Crippen molar-refractivity contribution in [2.75, 3.05) is 20.8 Å². The van der Waals surface area contributed by atoms with Gasteiger partial charge in [0, 0.05) is 24.7 Å². The molecule has 0 atom stereocenters. The maximum atomic E-state index is 13.9. The Morgan fingerprint density at radius 1 is 1.11 bits per heavy atom. The molecular weight excluding hydrogens is 444 g/mol. The second kappa shape index (κ2) is 9.82. The number of fused-ring (bicyclic) bond motifs is 1. The Morgan fingerprint density at radius 3 is 2.46 bits per heavy atom. The number of benzene rings is 1. The Morgan fingerprint density at radius 2 is 1.86 bits per heavy atom. The molecule has 35 heavy (non-hydrogen) atoms. The Bertz CT molecular complexity index is 1370. The molecule has 8 heteroatoms. The van der Waals surface area contributed by atoms with Crippen LogP contribution in [0.3, 0.4) is 0 Å². The number of hydrogen-bond donors (Lipinski definition) is 0. The van der Waals surface area contributed by atoms with Crippen LogP contribution in [0.5, 0.6) is 11.5 Å². The summed E-state index contributed by atoms with van der Waals surface area (Å²) in [4.78, 5) is 20.6. The molecule has 1 aromatic carbocycles. The van der Waals surface area contributed by atoms with Crippen molar-refractivity contribution in [2.24, 2.45) is 0 Å². The highest BCUT2D eigenvalue weighted by molar-refractivity contribution is 6.06. The third-order valence-electron chi connectivity index (χ3n) is 6.09. The van der Waals surface area contributed by atoms with E-state index in [1.54, 1.807) is 25.3 Å². The van der Waals surface area contributed by atoms with E-state index in [-0.39, 0.29) is 11.9 Å². The van der Waals surface area contributed by atoms with Crippen molar-refractivity contribution in [2.45, 2.75) is 47.2 Å². The summed E-state index contributed by atoms with van der Waals surface area (Å²) in [6.45, 7) is 10.8. The number of methoxy groups -OCH3 is 2. The molecule has 1 amide bonds. The topological polar surface area (TPSA) is 82.6 Å². The molecule has 0 radical (unpaired) electrons. The van der Waals surface area contributed by atoms with E-state index in [2.05, 4.69) is 5.10 Å². The fourth-order valence-electron chi connectivity index (χ4n) is 4.29. The van der Waals surface area contributed by atoms with Crippen LogP contribution in [0.4, 0.5) is 0 Å². The molecule has 3 aromatic heterocycles. The van der Waals surface area contributed by atoms with Crippen molar-refractivity contribution in [3.05, 3.63) is 59.2 Å². The molecule has 0 bridgehead atoms. The third kappa shape index (κ3) is 4.60. The zero-order valence-corrected chi connectivity index (χ0v) is 21.4. The Labute approximate surface area is 205 Å². The van der Waals surface area contributed by atoms with Gasteiger partial charge in [0.05, 0.1) is 37.1 Å². The number of ether oxygens (including phenoxy) is 2. The van der Waals surface area contributed by atoms with E-state index in [4.69, 9.17) is 18.9 Å². The average molecular weight is 477 g/mol. The molecule has 0 unspecified atom stereocenters. The van der Waals surface area contributed by atoms with Gasteiger partial charge in [-0.05, 0) is 64.4 Å². The van der Waals surface area contributed by atoms with Gasteiger partial charge in [0.2, 0.25) is 0 Å². The predicted octanol–water partition coefficient (Wildman–Crippen LogP) is 5.57. The minimum absolute atomic E-state index is 0.0860. The molecule has 8 nitrogen and oxygen atoms in total. The van der Waals surface area contributed by atoms with Crippen LogP contribution in [-0.2, 0) is 6.54 Å². The van der Waals surface area contributed by atoms with Gasteiger partial charge in [0.15, 0.2) is 17.1 Å². The van der Waals surface area contributed by atoms with Crippen LogP contribution >= 0.6 is 0 Å². The lowest BCUT2D eigenvalue weighted by atomic mass is 10.1. The molecule has 3 heterocycles. The molecule has 0 saturated carbocycles. The predicted molar refractivity (Wildman–Crippen MR) is 135 cm³/mol. The molecule has 0 aliphatic rings. The van der Waals surface area contributed by atoms with Crippen LogP contribution < -0.4 is 9.47 Å². The Kier molecular flexibility index (Phi) is 6.82. The molecular formula is C27H32N4O4. The fraction of sp³-hybridized carbons (Fsp3) is 0.370. The van der Waals surface area contributed by atoms with Gasteiger partial charge in [-0.25, -0.2) is 9.67 Å². The lowest BCUT2D eigenvalue weighted by molar-refractivity contribution is 0.0754. The standard InChI is InChI=1S/C27H32N4O4/c1-8-30(15-19-9-10-24(33-6)25(12-19)34-7)27(32)21-13-23(20-11-17(4)35-18(20)5)29-26-22(21)14-28-31(26)16(2)3/h9-14,16H,8,15H2,1-7H3. The maximum absolute atomic E-state index is 13.9. The van der Waals surface area contributed by atoms with Gasteiger partial charge in [-0.15, -0.1) is 0 Å². The Hall–Kier alpha value is -3.81. The van der Waals surface area contributed by atoms with Gasteiger partial charge in [-0.2, -0.15) is 5.10 Å². The smallest absolute Gasteiger partial charge is 0.255 e. The van der Waals surface area contributed by atoms with E-state index < -0.39 is 0 Å². The van der Waals surface area contributed by atoms with Crippen molar-refractivity contribution >= 4 is 16.9 Å². The number of pyridine rings is 1. The number of aromatic nitrogens is 3. The summed E-state index contributed by atoms with van der Waals surface area (Å²) < 4.78 is 18.4. The third-order valence-corrected chi connectivity index (χ3v) is 6.09. The summed E-state index contributed by atoms with van der Waals surface area (Å²) in [7, 11) is 3.21. The van der Waals surface area contributed by atoms with Gasteiger partial charge in [0.1, 0.15) is 11.5 Å². The zero-order chi connectivity index (χ0) is 25.3. The van der Waals surface area contributed by atoms with Crippen molar-refractivity contribution in [1.29, 1.82) is 0 Å². The first kappa shape index (κ1) is 24.3. The van der Waals surface area contributed by atoms with Crippen LogP contribution in [0, 0.1) is 13.8 Å². The summed E-state index contributed by atoms with van der Waals surface area (Å²) in [5.41, 5.74) is 3.76. The lowest BCUT2D eigenvalue weighted by Gasteiger charge is -2.22. The maximum Gasteiger partial charge on any atom is 0.255 e. The number of rotatable bonds is 8. The van der Waals surface area contributed by atoms with Crippen molar-refractivity contribution in [1.82, 2.24) is 19.7 Å². The van der Waals surface area contributed by atoms with Crippen molar-refractivity contribution in [3.63, 3.8) is 0 Å². The van der Waals surface area contributed by atoms with E-state index >= 15 is 0 Å². The summed E-state index contributed by atoms with van der Waals surface area (Å²) >= 11 is 0. The number of amides is 1. The molecule has 4 rings (SSSR count). The van der Waals surface area contributed by atoms with Gasteiger partial charge < -0.3 is 18.8 Å². The van der Waals surface area contributed by atoms with E-state index in [1.807, 2.05) is 69.6 Å². The number of hydrogen-bond acceptors (Lipinski definition) is 6. The van der Waals surface area contributed by atoms with Gasteiger partial charge in [-0.1, -0.05) is 6.07 Å². The number of furan rings is 1. The first-order valence-electron chi connectivity index (χ1n) is 11.7. The first-order chi connectivity index (χ1) is 16.8.